The highest BCUT2D eigenvalue weighted by molar-refractivity contribution is 5.99. The van der Waals surface area contributed by atoms with Gasteiger partial charge in [0.15, 0.2) is 5.76 Å². The second kappa shape index (κ2) is 7.95. The predicted octanol–water partition coefficient (Wildman–Crippen LogP) is 5.27. The highest BCUT2D eigenvalue weighted by Crippen LogP contribution is 2.33. The molecule has 0 bridgehead atoms. The van der Waals surface area contributed by atoms with Crippen molar-refractivity contribution in [3.8, 4) is 11.5 Å². The summed E-state index contributed by atoms with van der Waals surface area (Å²) in [6, 6.07) is 24.8. The fraction of sp³-hybridized carbons (Fsp3) is 0.160. The smallest absolute Gasteiger partial charge is 0.287 e. The van der Waals surface area contributed by atoms with E-state index in [2.05, 4.69) is 5.32 Å². The zero-order chi connectivity index (χ0) is 20.3. The van der Waals surface area contributed by atoms with Gasteiger partial charge in [-0.25, -0.2) is 0 Å². The van der Waals surface area contributed by atoms with Crippen molar-refractivity contribution in [3.63, 3.8) is 0 Å². The Morgan fingerprint density at radius 1 is 0.967 bits per heavy atom. The van der Waals surface area contributed by atoms with Crippen LogP contribution in [0.25, 0.3) is 11.0 Å². The SMILES string of the molecule is O=C(N[C@@H]1CCOc2ccccc21)c1oc2ccccc2c1COc1ccccc1. The van der Waals surface area contributed by atoms with E-state index in [-0.39, 0.29) is 24.3 Å². The Kier molecular flexibility index (Phi) is 4.85. The molecule has 0 radical (unpaired) electrons. The molecule has 0 fully saturated rings. The number of ether oxygens (including phenoxy) is 2. The van der Waals surface area contributed by atoms with Crippen molar-refractivity contribution in [2.45, 2.75) is 19.1 Å². The van der Waals surface area contributed by atoms with Crippen LogP contribution in [0, 0.1) is 0 Å². The Hall–Kier alpha value is -3.73. The average Bonchev–Trinajstić information content (AvgIpc) is 3.17. The predicted molar refractivity (Wildman–Crippen MR) is 114 cm³/mol. The first-order valence-corrected chi connectivity index (χ1v) is 10.0. The van der Waals surface area contributed by atoms with Crippen LogP contribution in [0.4, 0.5) is 0 Å². The molecule has 1 atom stereocenters. The van der Waals surface area contributed by atoms with Crippen molar-refractivity contribution in [2.75, 3.05) is 6.61 Å². The molecular weight excluding hydrogens is 378 g/mol. The van der Waals surface area contributed by atoms with Gasteiger partial charge in [-0.15, -0.1) is 0 Å². The number of carbonyl (C=O) groups excluding carboxylic acids is 1. The summed E-state index contributed by atoms with van der Waals surface area (Å²) >= 11 is 0. The summed E-state index contributed by atoms with van der Waals surface area (Å²) in [5.41, 5.74) is 2.39. The van der Waals surface area contributed by atoms with Crippen LogP contribution in [0.1, 0.15) is 34.1 Å². The zero-order valence-corrected chi connectivity index (χ0v) is 16.3. The van der Waals surface area contributed by atoms with Crippen molar-refractivity contribution in [1.29, 1.82) is 0 Å². The van der Waals surface area contributed by atoms with Gasteiger partial charge in [0.1, 0.15) is 23.7 Å². The normalized spacial score (nSPS) is 15.3. The quantitative estimate of drug-likeness (QED) is 0.497. The first-order valence-electron chi connectivity index (χ1n) is 10.0. The molecule has 5 rings (SSSR count). The van der Waals surface area contributed by atoms with Crippen LogP contribution in [0.2, 0.25) is 0 Å². The number of nitrogens with one attached hydrogen (secondary N) is 1. The summed E-state index contributed by atoms with van der Waals surface area (Å²) in [5.74, 6) is 1.59. The van der Waals surface area contributed by atoms with E-state index in [4.69, 9.17) is 13.9 Å². The average molecular weight is 399 g/mol. The van der Waals surface area contributed by atoms with E-state index in [9.17, 15) is 4.79 Å². The fourth-order valence-electron chi connectivity index (χ4n) is 3.81. The van der Waals surface area contributed by atoms with Gasteiger partial charge in [0, 0.05) is 22.9 Å². The lowest BCUT2D eigenvalue weighted by atomic mass is 10.0. The van der Waals surface area contributed by atoms with Crippen molar-refractivity contribution in [2.24, 2.45) is 0 Å². The molecule has 150 valence electrons. The third-order valence-electron chi connectivity index (χ3n) is 5.29. The summed E-state index contributed by atoms with van der Waals surface area (Å²) in [4.78, 5) is 13.2. The molecule has 0 saturated carbocycles. The van der Waals surface area contributed by atoms with Crippen molar-refractivity contribution in [3.05, 3.63) is 95.7 Å². The van der Waals surface area contributed by atoms with Gasteiger partial charge in [0.05, 0.1) is 12.6 Å². The van der Waals surface area contributed by atoms with Gasteiger partial charge in [-0.3, -0.25) is 4.79 Å². The molecule has 1 aliphatic heterocycles. The van der Waals surface area contributed by atoms with E-state index < -0.39 is 0 Å². The number of carbonyl (C=O) groups is 1. The fourth-order valence-corrected chi connectivity index (χ4v) is 3.81. The molecule has 4 aromatic rings. The number of benzene rings is 3. The Morgan fingerprint density at radius 2 is 1.73 bits per heavy atom. The number of hydrogen-bond donors (Lipinski definition) is 1. The number of para-hydroxylation sites is 3. The topological polar surface area (TPSA) is 60.7 Å². The van der Waals surface area contributed by atoms with Gasteiger partial charge < -0.3 is 19.2 Å². The van der Waals surface area contributed by atoms with Crippen LogP contribution in [-0.4, -0.2) is 12.5 Å². The van der Waals surface area contributed by atoms with E-state index in [1.54, 1.807) is 0 Å². The van der Waals surface area contributed by atoms with E-state index in [0.29, 0.717) is 18.6 Å². The number of amides is 1. The van der Waals surface area contributed by atoms with Gasteiger partial charge in [-0.1, -0.05) is 54.6 Å². The van der Waals surface area contributed by atoms with Crippen LogP contribution in [0.15, 0.2) is 83.3 Å². The summed E-state index contributed by atoms with van der Waals surface area (Å²) < 4.78 is 17.6. The highest BCUT2D eigenvalue weighted by atomic mass is 16.5. The highest BCUT2D eigenvalue weighted by Gasteiger charge is 2.27. The molecule has 0 spiro atoms. The van der Waals surface area contributed by atoms with E-state index in [1.807, 2.05) is 78.9 Å². The maximum absolute atomic E-state index is 13.2. The first kappa shape index (κ1) is 18.3. The zero-order valence-electron chi connectivity index (χ0n) is 16.3. The minimum absolute atomic E-state index is 0.126. The molecule has 1 N–H and O–H groups in total. The molecule has 0 saturated heterocycles. The lowest BCUT2D eigenvalue weighted by Crippen LogP contribution is -2.32. The second-order valence-corrected chi connectivity index (χ2v) is 7.21. The number of hydrogen-bond acceptors (Lipinski definition) is 4. The number of furan rings is 1. The van der Waals surface area contributed by atoms with Crippen LogP contribution in [0.5, 0.6) is 11.5 Å². The standard InChI is InChI=1S/C25H21NO4/c27-25(26-21-14-15-28-22-12-6-5-11-19(21)22)24-20(16-29-17-8-2-1-3-9-17)18-10-4-7-13-23(18)30-24/h1-13,21H,14-16H2,(H,26,27)/t21-/m1/s1. The Balaban J connectivity index is 1.44. The molecule has 5 heteroatoms. The van der Waals surface area contributed by atoms with Gasteiger partial charge in [-0.05, 0) is 24.3 Å². The third kappa shape index (κ3) is 3.50. The minimum atomic E-state index is -0.250. The molecule has 1 amide bonds. The minimum Gasteiger partial charge on any atom is -0.493 e. The molecule has 3 aromatic carbocycles. The summed E-state index contributed by atoms with van der Waals surface area (Å²) in [6.07, 6.45) is 0.707. The van der Waals surface area contributed by atoms with Gasteiger partial charge in [0.2, 0.25) is 0 Å². The van der Waals surface area contributed by atoms with Gasteiger partial charge in [0.25, 0.3) is 5.91 Å². The van der Waals surface area contributed by atoms with E-state index >= 15 is 0 Å². The lowest BCUT2D eigenvalue weighted by Gasteiger charge is -2.26. The summed E-state index contributed by atoms with van der Waals surface area (Å²) in [7, 11) is 0. The van der Waals surface area contributed by atoms with Crippen molar-refractivity contribution < 1.29 is 18.7 Å². The largest absolute Gasteiger partial charge is 0.493 e. The molecule has 5 nitrogen and oxygen atoms in total. The third-order valence-corrected chi connectivity index (χ3v) is 5.29. The Labute approximate surface area is 174 Å². The van der Waals surface area contributed by atoms with Crippen molar-refractivity contribution in [1.82, 2.24) is 5.32 Å². The monoisotopic (exact) mass is 399 g/mol. The molecule has 2 heterocycles. The Bertz CT molecular complexity index is 1180. The Morgan fingerprint density at radius 3 is 2.63 bits per heavy atom. The number of fused-ring (bicyclic) bond motifs is 2. The summed E-state index contributed by atoms with van der Waals surface area (Å²) in [5, 5.41) is 4.00. The van der Waals surface area contributed by atoms with Gasteiger partial charge >= 0.3 is 0 Å². The van der Waals surface area contributed by atoms with Crippen LogP contribution >= 0.6 is 0 Å². The molecular formula is C25H21NO4. The van der Waals surface area contributed by atoms with Crippen LogP contribution in [-0.2, 0) is 6.61 Å². The van der Waals surface area contributed by atoms with Gasteiger partial charge in [-0.2, -0.15) is 0 Å². The lowest BCUT2D eigenvalue weighted by molar-refractivity contribution is 0.0895. The van der Waals surface area contributed by atoms with Crippen molar-refractivity contribution >= 4 is 16.9 Å². The summed E-state index contributed by atoms with van der Waals surface area (Å²) in [6.45, 7) is 0.806. The second-order valence-electron chi connectivity index (χ2n) is 7.21. The maximum Gasteiger partial charge on any atom is 0.287 e. The van der Waals surface area contributed by atoms with E-state index in [1.165, 1.54) is 0 Å². The maximum atomic E-state index is 13.2. The molecule has 1 aliphatic rings. The number of rotatable bonds is 5. The van der Waals surface area contributed by atoms with Crippen LogP contribution < -0.4 is 14.8 Å². The molecule has 0 unspecified atom stereocenters. The van der Waals surface area contributed by atoms with Crippen LogP contribution in [0.3, 0.4) is 0 Å². The molecule has 30 heavy (non-hydrogen) atoms. The van der Waals surface area contributed by atoms with E-state index in [0.717, 1.165) is 28.0 Å². The molecule has 1 aromatic heterocycles. The molecule has 0 aliphatic carbocycles. The first-order chi connectivity index (χ1) is 14.8.